The zero-order valence-electron chi connectivity index (χ0n) is 7.81. The Hall–Kier alpha value is -1.75. The molecule has 0 fully saturated rings. The molecule has 0 aliphatic rings. The van der Waals surface area contributed by atoms with Crippen molar-refractivity contribution in [2.45, 2.75) is 12.5 Å². The van der Waals surface area contributed by atoms with E-state index in [0.29, 0.717) is 5.82 Å². The molecule has 5 heteroatoms. The normalized spacial score (nSPS) is 15.0. The van der Waals surface area contributed by atoms with Crippen LogP contribution in [0, 0.1) is 0 Å². The van der Waals surface area contributed by atoms with Crippen LogP contribution in [0.2, 0.25) is 0 Å². The summed E-state index contributed by atoms with van der Waals surface area (Å²) >= 11 is 0. The molecule has 0 aliphatic carbocycles. The maximum atomic E-state index is 6.13. The third kappa shape index (κ3) is 1.38. The van der Waals surface area contributed by atoms with Gasteiger partial charge in [0.1, 0.15) is 5.54 Å². The van der Waals surface area contributed by atoms with Crippen LogP contribution in [-0.4, -0.2) is 20.6 Å². The molecule has 0 bridgehead atoms. The minimum absolute atomic E-state index is 0.559. The number of aromatic nitrogens is 4. The summed E-state index contributed by atoms with van der Waals surface area (Å²) in [6, 6.07) is 9.71. The van der Waals surface area contributed by atoms with E-state index in [1.54, 1.807) is 0 Å². The zero-order valence-corrected chi connectivity index (χ0v) is 7.81. The Bertz CT molecular complexity index is 392. The molecule has 1 unspecified atom stereocenters. The Morgan fingerprint density at radius 1 is 1.29 bits per heavy atom. The average Bonchev–Trinajstić information content (AvgIpc) is 2.72. The van der Waals surface area contributed by atoms with Gasteiger partial charge in [0.05, 0.1) is 0 Å². The highest BCUT2D eigenvalue weighted by Crippen LogP contribution is 2.21. The molecule has 0 radical (unpaired) electrons. The van der Waals surface area contributed by atoms with Crippen molar-refractivity contribution in [3.63, 3.8) is 0 Å². The predicted octanol–water partition coefficient (Wildman–Crippen LogP) is 0.422. The van der Waals surface area contributed by atoms with Crippen molar-refractivity contribution in [1.29, 1.82) is 0 Å². The van der Waals surface area contributed by atoms with Crippen molar-refractivity contribution < 1.29 is 0 Å². The second-order valence-electron chi connectivity index (χ2n) is 3.32. The molecule has 0 saturated carbocycles. The molecule has 2 aromatic rings. The van der Waals surface area contributed by atoms with E-state index in [1.165, 1.54) is 0 Å². The van der Waals surface area contributed by atoms with Crippen LogP contribution < -0.4 is 5.73 Å². The SMILES string of the molecule is CC(N)(c1ccccc1)c1nnn[nH]1. The summed E-state index contributed by atoms with van der Waals surface area (Å²) in [6.45, 7) is 1.87. The van der Waals surface area contributed by atoms with Gasteiger partial charge >= 0.3 is 0 Å². The van der Waals surface area contributed by atoms with Crippen molar-refractivity contribution in [3.8, 4) is 0 Å². The summed E-state index contributed by atoms with van der Waals surface area (Å²) in [5, 5.41) is 13.5. The molecule has 0 spiro atoms. The average molecular weight is 189 g/mol. The Kier molecular flexibility index (Phi) is 2.01. The maximum absolute atomic E-state index is 6.13. The van der Waals surface area contributed by atoms with Gasteiger partial charge < -0.3 is 5.73 Å². The van der Waals surface area contributed by atoms with E-state index in [0.717, 1.165) is 5.56 Å². The lowest BCUT2D eigenvalue weighted by molar-refractivity contribution is 0.559. The first kappa shape index (κ1) is 8.83. The van der Waals surface area contributed by atoms with Gasteiger partial charge in [-0.05, 0) is 22.9 Å². The summed E-state index contributed by atoms with van der Waals surface area (Å²) in [7, 11) is 0. The van der Waals surface area contributed by atoms with Gasteiger partial charge in [-0.1, -0.05) is 30.3 Å². The number of hydrogen-bond donors (Lipinski definition) is 2. The second-order valence-corrected chi connectivity index (χ2v) is 3.32. The summed E-state index contributed by atoms with van der Waals surface area (Å²) < 4.78 is 0. The molecular weight excluding hydrogens is 178 g/mol. The Morgan fingerprint density at radius 3 is 2.57 bits per heavy atom. The van der Waals surface area contributed by atoms with Crippen molar-refractivity contribution >= 4 is 0 Å². The number of benzene rings is 1. The number of tetrazole rings is 1. The molecule has 0 saturated heterocycles. The van der Waals surface area contributed by atoms with Crippen LogP contribution >= 0.6 is 0 Å². The molecule has 1 atom stereocenters. The summed E-state index contributed by atoms with van der Waals surface area (Å²) in [5.74, 6) is 0.559. The molecule has 0 aliphatic heterocycles. The van der Waals surface area contributed by atoms with Crippen molar-refractivity contribution in [3.05, 3.63) is 41.7 Å². The largest absolute Gasteiger partial charge is 0.315 e. The van der Waals surface area contributed by atoms with Gasteiger partial charge in [-0.15, -0.1) is 5.10 Å². The Balaban J connectivity index is 2.43. The third-order valence-corrected chi connectivity index (χ3v) is 2.21. The molecule has 3 N–H and O–H groups in total. The fraction of sp³-hybridized carbons (Fsp3) is 0.222. The third-order valence-electron chi connectivity index (χ3n) is 2.21. The number of H-pyrrole nitrogens is 1. The van der Waals surface area contributed by atoms with Crippen LogP contribution in [0.5, 0.6) is 0 Å². The molecule has 2 rings (SSSR count). The highest BCUT2D eigenvalue weighted by molar-refractivity contribution is 5.28. The van der Waals surface area contributed by atoms with E-state index in [9.17, 15) is 0 Å². The fourth-order valence-electron chi connectivity index (χ4n) is 1.30. The highest BCUT2D eigenvalue weighted by atomic mass is 15.5. The highest BCUT2D eigenvalue weighted by Gasteiger charge is 2.27. The number of nitrogens with zero attached hydrogens (tertiary/aromatic N) is 3. The van der Waals surface area contributed by atoms with E-state index in [-0.39, 0.29) is 0 Å². The van der Waals surface area contributed by atoms with E-state index in [4.69, 9.17) is 5.73 Å². The quantitative estimate of drug-likeness (QED) is 0.717. The van der Waals surface area contributed by atoms with E-state index in [2.05, 4.69) is 20.6 Å². The monoisotopic (exact) mass is 189 g/mol. The molecule has 1 heterocycles. The summed E-state index contributed by atoms with van der Waals surface area (Å²) in [4.78, 5) is 0. The number of nitrogens with two attached hydrogens (primary N) is 1. The smallest absolute Gasteiger partial charge is 0.172 e. The first-order chi connectivity index (χ1) is 6.71. The summed E-state index contributed by atoms with van der Waals surface area (Å²) in [6.07, 6.45) is 0. The van der Waals surface area contributed by atoms with E-state index >= 15 is 0 Å². The van der Waals surface area contributed by atoms with Crippen LogP contribution in [0.1, 0.15) is 18.3 Å². The minimum Gasteiger partial charge on any atom is -0.315 e. The van der Waals surface area contributed by atoms with Gasteiger partial charge in [0, 0.05) is 0 Å². The topological polar surface area (TPSA) is 80.5 Å². The molecule has 5 nitrogen and oxygen atoms in total. The first-order valence-electron chi connectivity index (χ1n) is 4.30. The fourth-order valence-corrected chi connectivity index (χ4v) is 1.30. The van der Waals surface area contributed by atoms with Gasteiger partial charge in [-0.3, -0.25) is 0 Å². The van der Waals surface area contributed by atoms with Crippen LogP contribution in [0.25, 0.3) is 0 Å². The van der Waals surface area contributed by atoms with E-state index in [1.807, 2.05) is 37.3 Å². The van der Waals surface area contributed by atoms with Gasteiger partial charge in [0.2, 0.25) is 0 Å². The van der Waals surface area contributed by atoms with Crippen LogP contribution in [0.3, 0.4) is 0 Å². The molecule has 1 aromatic carbocycles. The van der Waals surface area contributed by atoms with Crippen LogP contribution in [0.4, 0.5) is 0 Å². The molecule has 0 amide bonds. The summed E-state index contributed by atoms with van der Waals surface area (Å²) in [5.41, 5.74) is 6.43. The van der Waals surface area contributed by atoms with Crippen molar-refractivity contribution in [1.82, 2.24) is 20.6 Å². The standard InChI is InChI=1S/C9H11N5/c1-9(10,8-11-13-14-12-8)7-5-3-2-4-6-7/h2-6H,10H2,1H3,(H,11,12,13,14). The Labute approximate surface area is 81.3 Å². The molecule has 72 valence electrons. The number of hydrogen-bond acceptors (Lipinski definition) is 4. The predicted molar refractivity (Wildman–Crippen MR) is 51.3 cm³/mol. The number of aromatic amines is 1. The van der Waals surface area contributed by atoms with Crippen molar-refractivity contribution in [2.75, 3.05) is 0 Å². The second kappa shape index (κ2) is 3.19. The molecule has 14 heavy (non-hydrogen) atoms. The lowest BCUT2D eigenvalue weighted by atomic mass is 9.93. The maximum Gasteiger partial charge on any atom is 0.172 e. The zero-order chi connectivity index (χ0) is 10.0. The van der Waals surface area contributed by atoms with Gasteiger partial charge in [-0.25, -0.2) is 5.10 Å². The lowest BCUT2D eigenvalue weighted by Gasteiger charge is -2.21. The van der Waals surface area contributed by atoms with Crippen LogP contribution in [-0.2, 0) is 5.54 Å². The Morgan fingerprint density at radius 2 is 2.00 bits per heavy atom. The van der Waals surface area contributed by atoms with Gasteiger partial charge in [0.25, 0.3) is 0 Å². The minimum atomic E-state index is -0.676. The van der Waals surface area contributed by atoms with E-state index < -0.39 is 5.54 Å². The van der Waals surface area contributed by atoms with Gasteiger partial charge in [0.15, 0.2) is 5.82 Å². The lowest BCUT2D eigenvalue weighted by Crippen LogP contribution is -2.35. The molecular formula is C9H11N5. The number of nitrogens with one attached hydrogen (secondary N) is 1. The number of rotatable bonds is 2. The first-order valence-corrected chi connectivity index (χ1v) is 4.30. The van der Waals surface area contributed by atoms with Gasteiger partial charge in [-0.2, -0.15) is 0 Å². The molecule has 1 aromatic heterocycles. The van der Waals surface area contributed by atoms with Crippen molar-refractivity contribution in [2.24, 2.45) is 5.73 Å². The van der Waals surface area contributed by atoms with Crippen LogP contribution in [0.15, 0.2) is 30.3 Å².